The van der Waals surface area contributed by atoms with Crippen LogP contribution in [0.3, 0.4) is 0 Å². The highest BCUT2D eigenvalue weighted by Gasteiger charge is 2.35. The average Bonchev–Trinajstić information content (AvgIpc) is 4.04. The van der Waals surface area contributed by atoms with Gasteiger partial charge in [-0.3, -0.25) is 0 Å². The van der Waals surface area contributed by atoms with E-state index < -0.39 is 0 Å². The average molecular weight is 781 g/mol. The lowest BCUT2D eigenvalue weighted by molar-refractivity contribution is 0.620. The summed E-state index contributed by atoms with van der Waals surface area (Å²) in [5.41, 5.74) is 14.6. The summed E-state index contributed by atoms with van der Waals surface area (Å²) in [5, 5.41) is 8.80. The molecule has 13 rings (SSSR count). The number of aromatic nitrogens is 2. The van der Waals surface area contributed by atoms with E-state index in [9.17, 15) is 0 Å². The molecule has 61 heavy (non-hydrogen) atoms. The molecule has 0 saturated carbocycles. The second kappa shape index (κ2) is 12.6. The SMILES string of the molecule is CC1(C)c2ccccc2-c2ccc(-c3cccc(-c4cc(-c5nc6c7ccccc7c7ccccc7c6o5)cc(-c5nc6c7ccccc7c7ccccc7c6o5)c4)c3)cc21. The van der Waals surface area contributed by atoms with Gasteiger partial charge in [-0.15, -0.1) is 0 Å². The normalized spacial score (nSPS) is 13.2. The van der Waals surface area contributed by atoms with Gasteiger partial charge in [0.25, 0.3) is 0 Å². The van der Waals surface area contributed by atoms with Crippen LogP contribution in [0.5, 0.6) is 0 Å². The number of hydrogen-bond acceptors (Lipinski definition) is 4. The molecule has 0 atom stereocenters. The summed E-state index contributed by atoms with van der Waals surface area (Å²) >= 11 is 0. The van der Waals surface area contributed by atoms with Crippen molar-refractivity contribution in [2.75, 3.05) is 0 Å². The van der Waals surface area contributed by atoms with Crippen molar-refractivity contribution >= 4 is 65.3 Å². The fraction of sp³-hybridized carbons (Fsp3) is 0.0526. The van der Waals surface area contributed by atoms with Crippen molar-refractivity contribution in [1.82, 2.24) is 9.97 Å². The Morgan fingerprint density at radius 3 is 1.31 bits per heavy atom. The highest BCUT2D eigenvalue weighted by Crippen LogP contribution is 2.50. The second-order valence-electron chi connectivity index (χ2n) is 16.9. The number of fused-ring (bicyclic) bond motifs is 15. The van der Waals surface area contributed by atoms with Crippen LogP contribution in [-0.2, 0) is 5.41 Å². The topological polar surface area (TPSA) is 52.1 Å². The van der Waals surface area contributed by atoms with Crippen molar-refractivity contribution in [3.05, 3.63) is 193 Å². The first-order valence-electron chi connectivity index (χ1n) is 20.9. The monoisotopic (exact) mass is 780 g/mol. The van der Waals surface area contributed by atoms with Gasteiger partial charge in [-0.2, -0.15) is 0 Å². The third kappa shape index (κ3) is 5.00. The van der Waals surface area contributed by atoms with Gasteiger partial charge in [0.1, 0.15) is 11.0 Å². The van der Waals surface area contributed by atoms with Gasteiger partial charge in [-0.05, 0) is 96.4 Å². The van der Waals surface area contributed by atoms with Crippen molar-refractivity contribution < 1.29 is 8.83 Å². The molecule has 0 spiro atoms. The molecule has 2 heterocycles. The lowest BCUT2D eigenvalue weighted by atomic mass is 9.81. The van der Waals surface area contributed by atoms with Gasteiger partial charge in [-0.25, -0.2) is 9.97 Å². The van der Waals surface area contributed by atoms with Gasteiger partial charge >= 0.3 is 0 Å². The van der Waals surface area contributed by atoms with Gasteiger partial charge in [0.15, 0.2) is 11.2 Å². The summed E-state index contributed by atoms with van der Waals surface area (Å²) in [7, 11) is 0. The van der Waals surface area contributed by atoms with Crippen LogP contribution < -0.4 is 0 Å². The molecule has 0 aliphatic heterocycles. The van der Waals surface area contributed by atoms with Crippen LogP contribution in [0.25, 0.3) is 122 Å². The molecule has 0 radical (unpaired) electrons. The van der Waals surface area contributed by atoms with Crippen LogP contribution in [-0.4, -0.2) is 9.97 Å². The van der Waals surface area contributed by atoms with Gasteiger partial charge < -0.3 is 8.83 Å². The molecule has 12 aromatic rings. The Kier molecular flexibility index (Phi) is 7.04. The van der Waals surface area contributed by atoms with Crippen LogP contribution >= 0.6 is 0 Å². The maximum atomic E-state index is 6.85. The van der Waals surface area contributed by atoms with Crippen LogP contribution in [0.1, 0.15) is 25.0 Å². The molecular weight excluding hydrogens is 745 g/mol. The number of oxazole rings is 2. The minimum absolute atomic E-state index is 0.0880. The van der Waals surface area contributed by atoms with Crippen LogP contribution in [0.15, 0.2) is 191 Å². The Morgan fingerprint density at radius 2 is 0.738 bits per heavy atom. The van der Waals surface area contributed by atoms with Gasteiger partial charge in [0, 0.05) is 38.1 Å². The van der Waals surface area contributed by atoms with E-state index in [1.807, 2.05) is 0 Å². The minimum atomic E-state index is -0.0880. The largest absolute Gasteiger partial charge is 0.435 e. The van der Waals surface area contributed by atoms with Crippen molar-refractivity contribution in [2.24, 2.45) is 0 Å². The molecule has 2 aromatic heterocycles. The Morgan fingerprint density at radius 1 is 0.328 bits per heavy atom. The van der Waals surface area contributed by atoms with E-state index in [0.717, 1.165) is 93.1 Å². The third-order valence-electron chi connectivity index (χ3n) is 13.1. The maximum absolute atomic E-state index is 6.85. The smallest absolute Gasteiger partial charge is 0.227 e. The summed E-state index contributed by atoms with van der Waals surface area (Å²) in [6.45, 7) is 4.67. The molecule has 4 heteroatoms. The number of hydrogen-bond donors (Lipinski definition) is 0. The fourth-order valence-electron chi connectivity index (χ4n) is 10.1. The lowest BCUT2D eigenvalue weighted by Crippen LogP contribution is -2.14. The molecule has 0 N–H and O–H groups in total. The molecule has 0 amide bonds. The Bertz CT molecular complexity index is 3490. The molecule has 4 nitrogen and oxygen atoms in total. The van der Waals surface area contributed by atoms with Crippen LogP contribution in [0, 0.1) is 0 Å². The van der Waals surface area contributed by atoms with Crippen molar-refractivity contribution in [3.8, 4) is 56.3 Å². The number of nitrogens with zero attached hydrogens (tertiary/aromatic N) is 2. The first-order valence-corrected chi connectivity index (χ1v) is 20.9. The molecule has 0 saturated heterocycles. The van der Waals surface area contributed by atoms with E-state index in [-0.39, 0.29) is 5.41 Å². The van der Waals surface area contributed by atoms with Crippen LogP contribution in [0.4, 0.5) is 0 Å². The minimum Gasteiger partial charge on any atom is -0.435 e. The second-order valence-corrected chi connectivity index (χ2v) is 16.9. The molecule has 1 aliphatic carbocycles. The van der Waals surface area contributed by atoms with Crippen molar-refractivity contribution in [3.63, 3.8) is 0 Å². The molecule has 0 unspecified atom stereocenters. The molecule has 1 aliphatic rings. The molecule has 0 bridgehead atoms. The number of rotatable bonds is 4. The summed E-state index contributed by atoms with van der Waals surface area (Å²) in [4.78, 5) is 10.5. The molecule has 286 valence electrons. The van der Waals surface area contributed by atoms with E-state index in [2.05, 4.69) is 196 Å². The predicted octanol–water partition coefficient (Wildman–Crippen LogP) is 15.6. The standard InChI is InChI=1S/C57H36N2O2/c1-57(2)49-25-12-11-20-43(49)44-27-26-35(32-50(44)57)33-14-13-15-34(28-33)36-29-37(55-58-51-45-21-7-3-16-39(45)41-18-5-9-23-47(41)53(51)60-55)31-38(30-36)56-59-52-46-22-8-4-17-40(46)42-19-6-10-24-48(42)54(52)61-56/h3-32H,1-2H3. The first kappa shape index (κ1) is 34.1. The Balaban J connectivity index is 1.02. The number of benzene rings is 10. The zero-order valence-electron chi connectivity index (χ0n) is 33.5. The van der Waals surface area contributed by atoms with Gasteiger partial charge in [-0.1, -0.05) is 166 Å². The summed E-state index contributed by atoms with van der Waals surface area (Å²) < 4.78 is 13.7. The summed E-state index contributed by atoms with van der Waals surface area (Å²) in [5.74, 6) is 1.09. The molecule has 0 fully saturated rings. The van der Waals surface area contributed by atoms with Crippen molar-refractivity contribution in [2.45, 2.75) is 19.3 Å². The maximum Gasteiger partial charge on any atom is 0.227 e. The quantitative estimate of drug-likeness (QED) is 0.167. The highest BCUT2D eigenvalue weighted by atomic mass is 16.4. The zero-order valence-corrected chi connectivity index (χ0v) is 33.5. The lowest BCUT2D eigenvalue weighted by Gasteiger charge is -2.22. The third-order valence-corrected chi connectivity index (χ3v) is 13.1. The first-order chi connectivity index (χ1) is 30.0. The van der Waals surface area contributed by atoms with E-state index in [1.165, 1.54) is 27.8 Å². The van der Waals surface area contributed by atoms with E-state index in [1.54, 1.807) is 0 Å². The Labute approximate surface area is 351 Å². The van der Waals surface area contributed by atoms with E-state index >= 15 is 0 Å². The van der Waals surface area contributed by atoms with Gasteiger partial charge in [0.05, 0.1) is 0 Å². The van der Waals surface area contributed by atoms with E-state index in [0.29, 0.717) is 11.8 Å². The molecular formula is C57H36N2O2. The fourth-order valence-corrected chi connectivity index (χ4v) is 10.1. The van der Waals surface area contributed by atoms with Crippen LogP contribution in [0.2, 0.25) is 0 Å². The van der Waals surface area contributed by atoms with E-state index in [4.69, 9.17) is 18.8 Å². The van der Waals surface area contributed by atoms with Crippen molar-refractivity contribution in [1.29, 1.82) is 0 Å². The molecule has 10 aromatic carbocycles. The predicted molar refractivity (Wildman–Crippen MR) is 251 cm³/mol. The summed E-state index contributed by atoms with van der Waals surface area (Å²) in [6.07, 6.45) is 0. The zero-order chi connectivity index (χ0) is 40.4. The van der Waals surface area contributed by atoms with Gasteiger partial charge in [0.2, 0.25) is 11.8 Å². The Hall–Kier alpha value is -7.82. The highest BCUT2D eigenvalue weighted by molar-refractivity contribution is 6.24. The summed E-state index contributed by atoms with van der Waals surface area (Å²) in [6, 6.07) is 64.8.